The van der Waals surface area contributed by atoms with Crippen LogP contribution < -0.4 is 20.9 Å². The van der Waals surface area contributed by atoms with Crippen LogP contribution in [-0.2, 0) is 18.8 Å². The Balaban J connectivity index is 1.49. The van der Waals surface area contributed by atoms with Gasteiger partial charge in [0, 0.05) is 17.5 Å². The summed E-state index contributed by atoms with van der Waals surface area (Å²) >= 11 is 3.17. The summed E-state index contributed by atoms with van der Waals surface area (Å²) in [4.78, 5) is 38.9. The molecule has 5 atom stereocenters. The molecule has 4 rings (SSSR count). The van der Waals surface area contributed by atoms with Crippen molar-refractivity contribution >= 4 is 41.2 Å². The summed E-state index contributed by atoms with van der Waals surface area (Å²) in [5, 5.41) is 5.06. The Morgan fingerprint density at radius 1 is 1.21 bits per heavy atom. The monoisotopic (exact) mass is 607 g/mol. The van der Waals surface area contributed by atoms with Gasteiger partial charge in [-0.3, -0.25) is 19.1 Å². The molecule has 1 fully saturated rings. The lowest BCUT2D eigenvalue weighted by atomic mass is 10.1. The molecule has 1 saturated heterocycles. The van der Waals surface area contributed by atoms with Crippen molar-refractivity contribution in [3.05, 3.63) is 74.0 Å². The number of aromatic nitrogens is 2. The van der Waals surface area contributed by atoms with E-state index in [1.807, 2.05) is 49.4 Å². The fourth-order valence-electron chi connectivity index (χ4n) is 4.17. The molecule has 0 saturated carbocycles. The number of ether oxygens (including phenoxy) is 2. The van der Waals surface area contributed by atoms with E-state index in [-0.39, 0.29) is 29.2 Å². The standard InChI is InChI=1S/C26H31BrN3O7P/c1-15(2)35-25(32)17(4)29-38(37-22-11-7-9-18-8-5-6-10-20(18)22)34-14-19-12-16(3)24(36-19)30-13-21(27)23(31)28-26(30)33/h5-11,13,15-17,19,24,29H,12,14H2,1-4H3,(H,28,31,33)/t16?,17?,19?,24?,38-/m1/s1. The third-order valence-electron chi connectivity index (χ3n) is 5.96. The van der Waals surface area contributed by atoms with Gasteiger partial charge in [0.25, 0.3) is 5.56 Å². The van der Waals surface area contributed by atoms with E-state index >= 15 is 0 Å². The molecule has 204 valence electrons. The van der Waals surface area contributed by atoms with Crippen molar-refractivity contribution in [3.8, 4) is 5.75 Å². The first-order valence-electron chi connectivity index (χ1n) is 12.3. The SMILES string of the molecule is CC(C)OC(=O)C(C)N[P@](OCC1CC(C)C(n2cc(Br)c(=O)[nH]c2=O)O1)Oc1cccc2ccccc12. The van der Waals surface area contributed by atoms with Crippen LogP contribution in [0, 0.1) is 5.92 Å². The second kappa shape index (κ2) is 12.5. The van der Waals surface area contributed by atoms with Crippen LogP contribution in [-0.4, -0.2) is 40.4 Å². The first kappa shape index (κ1) is 28.4. The maximum atomic E-state index is 12.5. The molecule has 2 heterocycles. The second-order valence-corrected chi connectivity index (χ2v) is 11.5. The number of nitrogens with one attached hydrogen (secondary N) is 2. The maximum Gasteiger partial charge on any atom is 0.330 e. The van der Waals surface area contributed by atoms with Crippen molar-refractivity contribution in [1.82, 2.24) is 14.6 Å². The largest absolute Gasteiger partial charge is 0.462 e. The summed E-state index contributed by atoms with van der Waals surface area (Å²) in [6.07, 6.45) is 0.900. The van der Waals surface area contributed by atoms with Gasteiger partial charge in [-0.2, -0.15) is 0 Å². The first-order chi connectivity index (χ1) is 18.1. The molecule has 38 heavy (non-hydrogen) atoms. The molecule has 4 unspecified atom stereocenters. The van der Waals surface area contributed by atoms with E-state index in [0.717, 1.165) is 10.8 Å². The predicted octanol–water partition coefficient (Wildman–Crippen LogP) is 4.63. The Morgan fingerprint density at radius 3 is 2.71 bits per heavy atom. The summed E-state index contributed by atoms with van der Waals surface area (Å²) in [5.41, 5.74) is -1.04. The Hall–Kier alpha value is -2.56. The summed E-state index contributed by atoms with van der Waals surface area (Å²) in [6.45, 7) is 7.40. The van der Waals surface area contributed by atoms with E-state index in [9.17, 15) is 14.4 Å². The number of esters is 1. The fraction of sp³-hybridized carbons (Fsp3) is 0.423. The molecule has 1 aliphatic rings. The van der Waals surface area contributed by atoms with E-state index in [2.05, 4.69) is 26.0 Å². The van der Waals surface area contributed by atoms with Crippen molar-refractivity contribution < 1.29 is 23.3 Å². The maximum absolute atomic E-state index is 12.5. The molecule has 2 N–H and O–H groups in total. The minimum atomic E-state index is -1.78. The number of rotatable bonds is 10. The van der Waals surface area contributed by atoms with Crippen molar-refractivity contribution in [2.24, 2.45) is 5.92 Å². The van der Waals surface area contributed by atoms with Crippen molar-refractivity contribution in [2.45, 2.75) is 58.6 Å². The van der Waals surface area contributed by atoms with Gasteiger partial charge >= 0.3 is 20.2 Å². The number of carbonyl (C=O) groups is 1. The van der Waals surface area contributed by atoms with Gasteiger partial charge in [-0.15, -0.1) is 0 Å². The van der Waals surface area contributed by atoms with Gasteiger partial charge in [-0.1, -0.05) is 43.3 Å². The van der Waals surface area contributed by atoms with Crippen LogP contribution in [0.3, 0.4) is 0 Å². The number of carbonyl (C=O) groups excluding carboxylic acids is 1. The van der Waals surface area contributed by atoms with E-state index in [1.165, 1.54) is 10.8 Å². The predicted molar refractivity (Wildman–Crippen MR) is 148 cm³/mol. The number of halogens is 1. The number of aromatic amines is 1. The molecule has 0 radical (unpaired) electrons. The summed E-state index contributed by atoms with van der Waals surface area (Å²) in [7, 11) is -1.78. The highest BCUT2D eigenvalue weighted by molar-refractivity contribution is 9.10. The van der Waals surface area contributed by atoms with Crippen LogP contribution in [0.4, 0.5) is 0 Å². The van der Waals surface area contributed by atoms with Crippen LogP contribution in [0.5, 0.6) is 5.75 Å². The van der Waals surface area contributed by atoms with Crippen LogP contribution >= 0.6 is 24.5 Å². The van der Waals surface area contributed by atoms with Crippen molar-refractivity contribution in [1.29, 1.82) is 0 Å². The summed E-state index contributed by atoms with van der Waals surface area (Å²) in [6, 6.07) is 12.9. The molecule has 1 aliphatic heterocycles. The Labute approximate surface area is 229 Å². The minimum absolute atomic E-state index is 0.0165. The van der Waals surface area contributed by atoms with E-state index in [1.54, 1.807) is 20.8 Å². The Morgan fingerprint density at radius 2 is 1.95 bits per heavy atom. The quantitative estimate of drug-likeness (QED) is 0.253. The lowest BCUT2D eigenvalue weighted by Gasteiger charge is -2.24. The average Bonchev–Trinajstić information content (AvgIpc) is 3.24. The van der Waals surface area contributed by atoms with Crippen molar-refractivity contribution in [3.63, 3.8) is 0 Å². The summed E-state index contributed by atoms with van der Waals surface area (Å²) < 4.78 is 25.5. The van der Waals surface area contributed by atoms with E-state index < -0.39 is 38.0 Å². The second-order valence-electron chi connectivity index (χ2n) is 9.46. The Bertz CT molecular complexity index is 1390. The molecule has 10 nitrogen and oxygen atoms in total. The number of fused-ring (bicyclic) bond motifs is 1. The molecule has 12 heteroatoms. The molecule has 3 aromatic rings. The van der Waals surface area contributed by atoms with E-state index in [4.69, 9.17) is 18.5 Å². The normalized spacial score (nSPS) is 20.9. The molecule has 1 aromatic heterocycles. The number of hydrogen-bond acceptors (Lipinski definition) is 8. The average molecular weight is 608 g/mol. The van der Waals surface area contributed by atoms with Gasteiger partial charge in [-0.05, 0) is 54.6 Å². The topological polar surface area (TPSA) is 121 Å². The molecule has 0 bridgehead atoms. The molecule has 0 spiro atoms. The lowest BCUT2D eigenvalue weighted by molar-refractivity contribution is -0.149. The highest BCUT2D eigenvalue weighted by atomic mass is 79.9. The van der Waals surface area contributed by atoms with Gasteiger partial charge < -0.3 is 18.5 Å². The van der Waals surface area contributed by atoms with Gasteiger partial charge in [0.15, 0.2) is 0 Å². The number of benzene rings is 2. The number of H-pyrrole nitrogens is 1. The van der Waals surface area contributed by atoms with Gasteiger partial charge in [0.05, 0.1) is 23.3 Å². The zero-order chi connectivity index (χ0) is 27.4. The van der Waals surface area contributed by atoms with Crippen LogP contribution in [0.25, 0.3) is 10.8 Å². The third-order valence-corrected chi connectivity index (χ3v) is 7.87. The first-order valence-corrected chi connectivity index (χ1v) is 14.3. The van der Waals surface area contributed by atoms with Gasteiger partial charge in [0.2, 0.25) is 0 Å². The van der Waals surface area contributed by atoms with Crippen LogP contribution in [0.1, 0.15) is 40.3 Å². The smallest absolute Gasteiger partial charge is 0.330 e. The third kappa shape index (κ3) is 6.90. The lowest BCUT2D eigenvalue weighted by Crippen LogP contribution is -2.35. The minimum Gasteiger partial charge on any atom is -0.462 e. The highest BCUT2D eigenvalue weighted by Gasteiger charge is 2.35. The van der Waals surface area contributed by atoms with E-state index in [0.29, 0.717) is 12.2 Å². The molecule has 0 aliphatic carbocycles. The Kier molecular flexibility index (Phi) is 9.38. The molecular formula is C26H31BrN3O7P. The summed E-state index contributed by atoms with van der Waals surface area (Å²) in [5.74, 6) is 0.193. The number of nitrogens with zero attached hydrogens (tertiary/aromatic N) is 1. The van der Waals surface area contributed by atoms with Gasteiger partial charge in [0.1, 0.15) is 18.0 Å². The fourth-order valence-corrected chi connectivity index (χ4v) is 5.73. The highest BCUT2D eigenvalue weighted by Crippen LogP contribution is 2.41. The van der Waals surface area contributed by atoms with Crippen LogP contribution in [0.15, 0.2) is 62.7 Å². The zero-order valence-corrected chi connectivity index (χ0v) is 24.0. The van der Waals surface area contributed by atoms with Crippen molar-refractivity contribution in [2.75, 3.05) is 6.61 Å². The molecule has 0 amide bonds. The van der Waals surface area contributed by atoms with Crippen LogP contribution in [0.2, 0.25) is 0 Å². The molecular weight excluding hydrogens is 577 g/mol. The van der Waals surface area contributed by atoms with Gasteiger partial charge in [-0.25, -0.2) is 9.88 Å². The molecule has 2 aromatic carbocycles. The zero-order valence-electron chi connectivity index (χ0n) is 21.5. The number of hydrogen-bond donors (Lipinski definition) is 2.